The number of nitrogens with two attached hydrogens (primary N) is 1. The molecule has 2 saturated heterocycles. The van der Waals surface area contributed by atoms with E-state index in [1.165, 1.54) is 44.6 Å². The van der Waals surface area contributed by atoms with Crippen molar-refractivity contribution in [2.45, 2.75) is 25.4 Å². The molecule has 3 nitrogen and oxygen atoms in total. The van der Waals surface area contributed by atoms with Crippen molar-refractivity contribution in [2.24, 2.45) is 5.73 Å². The quantitative estimate of drug-likeness (QED) is 0.821. The summed E-state index contributed by atoms with van der Waals surface area (Å²) in [5.41, 5.74) is 7.86. The Labute approximate surface area is 121 Å². The number of rotatable bonds is 2. The van der Waals surface area contributed by atoms with Crippen LogP contribution in [-0.2, 0) is 6.54 Å². The van der Waals surface area contributed by atoms with Crippen molar-refractivity contribution in [3.63, 3.8) is 0 Å². The topological polar surface area (TPSA) is 32.5 Å². The zero-order valence-electron chi connectivity index (χ0n) is 12.0. The first-order valence-corrected chi connectivity index (χ1v) is 7.59. The molecule has 2 aliphatic heterocycles. The van der Waals surface area contributed by atoms with E-state index in [2.05, 4.69) is 45.9 Å². The normalized spacial score (nSPS) is 23.1. The first kappa shape index (κ1) is 13.6. The molecule has 3 rings (SSSR count). The van der Waals surface area contributed by atoms with Gasteiger partial charge in [0.15, 0.2) is 0 Å². The molecule has 1 aromatic carbocycles. The number of benzene rings is 1. The van der Waals surface area contributed by atoms with Crippen LogP contribution in [0.15, 0.2) is 24.3 Å². The Bertz CT molecular complexity index is 514. The summed E-state index contributed by atoms with van der Waals surface area (Å²) in [7, 11) is 0. The standard InChI is InChI=1S/C17H23N3/c18-8-2-6-15-4-1-5-16(12-15)13-19-10-11-20-9-3-7-17(20)14-19/h1,4-5,12,17H,3,7-11,13-14,18H2. The summed E-state index contributed by atoms with van der Waals surface area (Å²) < 4.78 is 0. The van der Waals surface area contributed by atoms with E-state index < -0.39 is 0 Å². The van der Waals surface area contributed by atoms with Gasteiger partial charge in [-0.2, -0.15) is 0 Å². The molecule has 0 saturated carbocycles. The fourth-order valence-electron chi connectivity index (χ4n) is 3.36. The molecule has 0 bridgehead atoms. The molecule has 0 aliphatic carbocycles. The van der Waals surface area contributed by atoms with Gasteiger partial charge in [-0.25, -0.2) is 0 Å². The Hall–Kier alpha value is -1.34. The van der Waals surface area contributed by atoms with Gasteiger partial charge in [0, 0.05) is 37.8 Å². The lowest BCUT2D eigenvalue weighted by Gasteiger charge is -2.37. The van der Waals surface area contributed by atoms with E-state index in [4.69, 9.17) is 5.73 Å². The van der Waals surface area contributed by atoms with Gasteiger partial charge in [-0.05, 0) is 37.1 Å². The SMILES string of the molecule is NCC#Cc1cccc(CN2CCN3CCCC3C2)c1. The van der Waals surface area contributed by atoms with Crippen LogP contribution in [0.2, 0.25) is 0 Å². The van der Waals surface area contributed by atoms with Crippen LogP contribution in [0.25, 0.3) is 0 Å². The number of hydrogen-bond donors (Lipinski definition) is 1. The van der Waals surface area contributed by atoms with Crippen molar-refractivity contribution in [2.75, 3.05) is 32.7 Å². The van der Waals surface area contributed by atoms with Crippen LogP contribution in [0, 0.1) is 11.8 Å². The zero-order valence-corrected chi connectivity index (χ0v) is 12.0. The van der Waals surface area contributed by atoms with Crippen molar-refractivity contribution in [1.82, 2.24) is 9.80 Å². The Morgan fingerprint density at radius 3 is 3.10 bits per heavy atom. The molecule has 106 valence electrons. The highest BCUT2D eigenvalue weighted by Gasteiger charge is 2.30. The lowest BCUT2D eigenvalue weighted by Crippen LogP contribution is -2.49. The average molecular weight is 269 g/mol. The van der Waals surface area contributed by atoms with E-state index >= 15 is 0 Å². The summed E-state index contributed by atoms with van der Waals surface area (Å²) in [5.74, 6) is 6.04. The second kappa shape index (κ2) is 6.41. The summed E-state index contributed by atoms with van der Waals surface area (Å²) in [4.78, 5) is 5.24. The first-order chi connectivity index (χ1) is 9.85. The predicted octanol–water partition coefficient (Wildman–Crippen LogP) is 1.28. The summed E-state index contributed by atoms with van der Waals surface area (Å²) in [6, 6.07) is 9.35. The Kier molecular flexibility index (Phi) is 4.37. The summed E-state index contributed by atoms with van der Waals surface area (Å²) in [5, 5.41) is 0. The summed E-state index contributed by atoms with van der Waals surface area (Å²) in [6.07, 6.45) is 2.75. The lowest BCUT2D eigenvalue weighted by molar-refractivity contribution is 0.0994. The third kappa shape index (κ3) is 3.21. The molecule has 0 spiro atoms. The fraction of sp³-hybridized carbons (Fsp3) is 0.529. The number of nitrogens with zero attached hydrogens (tertiary/aromatic N) is 2. The van der Waals surface area contributed by atoms with Gasteiger partial charge in [0.05, 0.1) is 6.54 Å². The minimum atomic E-state index is 0.424. The molecular weight excluding hydrogens is 246 g/mol. The molecule has 2 N–H and O–H groups in total. The van der Waals surface area contributed by atoms with Crippen LogP contribution in [-0.4, -0.2) is 48.6 Å². The van der Waals surface area contributed by atoms with Crippen LogP contribution in [0.4, 0.5) is 0 Å². The van der Waals surface area contributed by atoms with Gasteiger partial charge in [-0.3, -0.25) is 9.80 Å². The monoisotopic (exact) mass is 269 g/mol. The lowest BCUT2D eigenvalue weighted by atomic mass is 10.1. The molecule has 2 fully saturated rings. The molecule has 1 atom stereocenters. The summed E-state index contributed by atoms with van der Waals surface area (Å²) in [6.45, 7) is 6.42. The molecule has 0 amide bonds. The first-order valence-electron chi connectivity index (χ1n) is 7.59. The van der Waals surface area contributed by atoms with Crippen LogP contribution >= 0.6 is 0 Å². The van der Waals surface area contributed by atoms with Crippen molar-refractivity contribution < 1.29 is 0 Å². The minimum Gasteiger partial charge on any atom is -0.320 e. The Morgan fingerprint density at radius 2 is 2.20 bits per heavy atom. The molecule has 1 unspecified atom stereocenters. The maximum absolute atomic E-state index is 5.43. The maximum Gasteiger partial charge on any atom is 0.0555 e. The van der Waals surface area contributed by atoms with Gasteiger partial charge in [0.1, 0.15) is 0 Å². The number of hydrogen-bond acceptors (Lipinski definition) is 3. The van der Waals surface area contributed by atoms with Gasteiger partial charge in [-0.15, -0.1) is 0 Å². The molecule has 0 aromatic heterocycles. The molecule has 2 aliphatic rings. The fourth-order valence-corrected chi connectivity index (χ4v) is 3.36. The number of piperazine rings is 1. The molecular formula is C17H23N3. The van der Waals surface area contributed by atoms with Crippen molar-refractivity contribution >= 4 is 0 Å². The molecule has 0 radical (unpaired) electrons. The van der Waals surface area contributed by atoms with Gasteiger partial charge >= 0.3 is 0 Å². The third-order valence-corrected chi connectivity index (χ3v) is 4.34. The Morgan fingerprint density at radius 1 is 1.25 bits per heavy atom. The van der Waals surface area contributed by atoms with Gasteiger partial charge in [0.2, 0.25) is 0 Å². The van der Waals surface area contributed by atoms with E-state index in [0.29, 0.717) is 6.54 Å². The molecule has 3 heteroatoms. The van der Waals surface area contributed by atoms with E-state index in [0.717, 1.165) is 18.2 Å². The molecule has 20 heavy (non-hydrogen) atoms. The van der Waals surface area contributed by atoms with Crippen molar-refractivity contribution in [3.05, 3.63) is 35.4 Å². The van der Waals surface area contributed by atoms with Crippen molar-refractivity contribution in [3.8, 4) is 11.8 Å². The minimum absolute atomic E-state index is 0.424. The van der Waals surface area contributed by atoms with Crippen LogP contribution in [0.1, 0.15) is 24.0 Å². The van der Waals surface area contributed by atoms with Crippen LogP contribution < -0.4 is 5.73 Å². The zero-order chi connectivity index (χ0) is 13.8. The van der Waals surface area contributed by atoms with E-state index in [-0.39, 0.29) is 0 Å². The van der Waals surface area contributed by atoms with E-state index in [1.54, 1.807) is 0 Å². The van der Waals surface area contributed by atoms with Gasteiger partial charge in [0.25, 0.3) is 0 Å². The average Bonchev–Trinajstić information content (AvgIpc) is 2.93. The molecule has 1 aromatic rings. The molecule has 2 heterocycles. The van der Waals surface area contributed by atoms with E-state index in [1.807, 2.05) is 0 Å². The van der Waals surface area contributed by atoms with E-state index in [9.17, 15) is 0 Å². The van der Waals surface area contributed by atoms with Gasteiger partial charge < -0.3 is 5.73 Å². The van der Waals surface area contributed by atoms with Crippen molar-refractivity contribution in [1.29, 1.82) is 0 Å². The smallest absolute Gasteiger partial charge is 0.0555 e. The Balaban J connectivity index is 1.62. The highest BCUT2D eigenvalue weighted by atomic mass is 15.3. The largest absolute Gasteiger partial charge is 0.320 e. The summed E-state index contributed by atoms with van der Waals surface area (Å²) >= 11 is 0. The predicted molar refractivity (Wildman–Crippen MR) is 82.2 cm³/mol. The maximum atomic E-state index is 5.43. The number of fused-ring (bicyclic) bond motifs is 1. The van der Waals surface area contributed by atoms with Crippen LogP contribution in [0.3, 0.4) is 0 Å². The highest BCUT2D eigenvalue weighted by molar-refractivity contribution is 5.37. The second-order valence-electron chi connectivity index (χ2n) is 5.77. The van der Waals surface area contributed by atoms with Gasteiger partial charge in [-0.1, -0.05) is 24.0 Å². The third-order valence-electron chi connectivity index (χ3n) is 4.34. The second-order valence-corrected chi connectivity index (χ2v) is 5.77. The van der Waals surface area contributed by atoms with Crippen LogP contribution in [0.5, 0.6) is 0 Å². The highest BCUT2D eigenvalue weighted by Crippen LogP contribution is 2.22.